The van der Waals surface area contributed by atoms with E-state index in [1.165, 1.54) is 5.56 Å². The molecule has 0 amide bonds. The Morgan fingerprint density at radius 1 is 0.839 bits per heavy atom. The van der Waals surface area contributed by atoms with E-state index in [0.717, 1.165) is 49.7 Å². The second-order valence-electron chi connectivity index (χ2n) is 7.78. The molecule has 0 aliphatic rings. The van der Waals surface area contributed by atoms with E-state index in [2.05, 4.69) is 72.6 Å². The Bertz CT molecular complexity index is 1480. The van der Waals surface area contributed by atoms with Crippen LogP contribution in [0.4, 0.5) is 5.82 Å². The molecule has 5 heteroatoms. The lowest BCUT2D eigenvalue weighted by Gasteiger charge is -2.09. The monoisotopic (exact) mass is 406 g/mol. The van der Waals surface area contributed by atoms with Gasteiger partial charge in [-0.2, -0.15) is 5.10 Å². The molecule has 0 spiro atoms. The summed E-state index contributed by atoms with van der Waals surface area (Å²) in [7, 11) is 0. The SMILES string of the molecule is Cc1ccc(-c2c/c(=N\Nc3ncnc4ccccc34)c3c(C)cc(C)cc3o2)cc1. The predicted octanol–water partition coefficient (Wildman–Crippen LogP) is 5.90. The van der Waals surface area contributed by atoms with Gasteiger partial charge < -0.3 is 4.42 Å². The minimum absolute atomic E-state index is 0.668. The van der Waals surface area contributed by atoms with Gasteiger partial charge in [-0.15, -0.1) is 0 Å². The number of benzene rings is 3. The summed E-state index contributed by atoms with van der Waals surface area (Å²) >= 11 is 0. The molecule has 0 saturated carbocycles. The second kappa shape index (κ2) is 7.69. The van der Waals surface area contributed by atoms with Crippen LogP contribution in [-0.4, -0.2) is 9.97 Å². The van der Waals surface area contributed by atoms with Crippen molar-refractivity contribution >= 4 is 27.7 Å². The van der Waals surface area contributed by atoms with Gasteiger partial charge in [0.15, 0.2) is 5.82 Å². The summed E-state index contributed by atoms with van der Waals surface area (Å²) in [6.45, 7) is 6.23. The Morgan fingerprint density at radius 2 is 1.65 bits per heavy atom. The normalized spacial score (nSPS) is 11.9. The summed E-state index contributed by atoms with van der Waals surface area (Å²) in [4.78, 5) is 8.71. The average Bonchev–Trinajstić information content (AvgIpc) is 2.77. The zero-order chi connectivity index (χ0) is 21.4. The molecule has 5 rings (SSSR count). The Hall–Kier alpha value is -3.99. The van der Waals surface area contributed by atoms with Gasteiger partial charge in [-0.1, -0.05) is 48.0 Å². The van der Waals surface area contributed by atoms with Gasteiger partial charge in [-0.05, 0) is 50.1 Å². The molecule has 0 atom stereocenters. The number of aromatic nitrogens is 2. The van der Waals surface area contributed by atoms with Crippen molar-refractivity contribution in [3.8, 4) is 11.3 Å². The van der Waals surface area contributed by atoms with Crippen LogP contribution in [0.5, 0.6) is 0 Å². The molecular formula is C26H22N4O. The molecular weight excluding hydrogens is 384 g/mol. The van der Waals surface area contributed by atoms with Crippen molar-refractivity contribution in [2.24, 2.45) is 5.10 Å². The zero-order valence-corrected chi connectivity index (χ0v) is 17.7. The maximum Gasteiger partial charge on any atom is 0.157 e. The van der Waals surface area contributed by atoms with Crippen molar-refractivity contribution in [3.05, 3.63) is 95.1 Å². The molecule has 0 radical (unpaired) electrons. The molecule has 5 nitrogen and oxygen atoms in total. The molecule has 2 aromatic heterocycles. The fraction of sp³-hybridized carbons (Fsp3) is 0.115. The molecule has 1 N–H and O–H groups in total. The van der Waals surface area contributed by atoms with Crippen LogP contribution in [0.3, 0.4) is 0 Å². The van der Waals surface area contributed by atoms with Gasteiger partial charge in [-0.25, -0.2) is 9.97 Å². The maximum absolute atomic E-state index is 6.30. The Kier molecular flexibility index (Phi) is 4.71. The lowest BCUT2D eigenvalue weighted by Crippen LogP contribution is -2.10. The highest BCUT2D eigenvalue weighted by molar-refractivity contribution is 5.88. The largest absolute Gasteiger partial charge is 0.456 e. The van der Waals surface area contributed by atoms with E-state index in [1.807, 2.05) is 30.3 Å². The van der Waals surface area contributed by atoms with Crippen molar-refractivity contribution in [1.29, 1.82) is 0 Å². The van der Waals surface area contributed by atoms with Crippen LogP contribution in [0, 0.1) is 20.8 Å². The van der Waals surface area contributed by atoms with Gasteiger partial charge in [0.25, 0.3) is 0 Å². The van der Waals surface area contributed by atoms with Crippen LogP contribution in [0.25, 0.3) is 33.2 Å². The molecule has 0 saturated heterocycles. The van der Waals surface area contributed by atoms with Crippen LogP contribution in [0.1, 0.15) is 16.7 Å². The van der Waals surface area contributed by atoms with E-state index in [1.54, 1.807) is 6.33 Å². The quantitative estimate of drug-likeness (QED) is 0.379. The average molecular weight is 406 g/mol. The first-order chi connectivity index (χ1) is 15.1. The van der Waals surface area contributed by atoms with Gasteiger partial charge in [-0.3, -0.25) is 5.43 Å². The fourth-order valence-electron chi connectivity index (χ4n) is 3.84. The van der Waals surface area contributed by atoms with Crippen LogP contribution in [0.2, 0.25) is 0 Å². The van der Waals surface area contributed by atoms with E-state index in [9.17, 15) is 0 Å². The molecule has 3 aromatic carbocycles. The van der Waals surface area contributed by atoms with Crippen LogP contribution >= 0.6 is 0 Å². The number of para-hydroxylation sites is 1. The topological polar surface area (TPSA) is 63.3 Å². The summed E-state index contributed by atoms with van der Waals surface area (Å²) < 4.78 is 6.30. The maximum atomic E-state index is 6.30. The van der Waals surface area contributed by atoms with Crippen molar-refractivity contribution in [2.45, 2.75) is 20.8 Å². The molecule has 0 fully saturated rings. The van der Waals surface area contributed by atoms with E-state index in [0.29, 0.717) is 5.82 Å². The third-order valence-corrected chi connectivity index (χ3v) is 5.35. The summed E-state index contributed by atoms with van der Waals surface area (Å²) in [5.41, 5.74) is 9.32. The number of anilines is 1. The lowest BCUT2D eigenvalue weighted by molar-refractivity contribution is 0.617. The molecule has 0 unspecified atom stereocenters. The smallest absolute Gasteiger partial charge is 0.157 e. The minimum Gasteiger partial charge on any atom is -0.456 e. The predicted molar refractivity (Wildman–Crippen MR) is 125 cm³/mol. The molecule has 5 aromatic rings. The van der Waals surface area contributed by atoms with E-state index >= 15 is 0 Å². The number of nitrogens with one attached hydrogen (secondary N) is 1. The zero-order valence-electron chi connectivity index (χ0n) is 17.7. The number of hydrogen-bond acceptors (Lipinski definition) is 5. The fourth-order valence-corrected chi connectivity index (χ4v) is 3.84. The van der Waals surface area contributed by atoms with Gasteiger partial charge in [0.2, 0.25) is 0 Å². The Labute approximate surface area is 180 Å². The van der Waals surface area contributed by atoms with Crippen LogP contribution in [-0.2, 0) is 0 Å². The van der Waals surface area contributed by atoms with E-state index in [4.69, 9.17) is 9.52 Å². The molecule has 31 heavy (non-hydrogen) atoms. The molecule has 0 aliphatic heterocycles. The molecule has 2 heterocycles. The van der Waals surface area contributed by atoms with E-state index in [-0.39, 0.29) is 0 Å². The number of hydrogen-bond donors (Lipinski definition) is 1. The first-order valence-corrected chi connectivity index (χ1v) is 10.2. The standard InChI is InChI=1S/C26H22N4O/c1-16-8-10-19(11-9-16)23-14-22(25-18(3)12-17(2)13-24(25)31-23)29-30-26-20-6-4-5-7-21(20)27-15-28-26/h4-15H,1-3H3,(H,27,28,30)/b29-22+. The summed E-state index contributed by atoms with van der Waals surface area (Å²) in [6.07, 6.45) is 1.55. The minimum atomic E-state index is 0.668. The lowest BCUT2D eigenvalue weighted by atomic mass is 10.0. The first kappa shape index (κ1) is 19.0. The van der Waals surface area contributed by atoms with Crippen molar-refractivity contribution in [1.82, 2.24) is 9.97 Å². The summed E-state index contributed by atoms with van der Waals surface area (Å²) in [6, 6.07) is 22.3. The van der Waals surface area contributed by atoms with E-state index < -0.39 is 0 Å². The summed E-state index contributed by atoms with van der Waals surface area (Å²) in [5.74, 6) is 1.44. The third kappa shape index (κ3) is 3.66. The number of rotatable bonds is 3. The number of nitrogens with zero attached hydrogens (tertiary/aromatic N) is 3. The summed E-state index contributed by atoms with van der Waals surface area (Å²) in [5, 5.41) is 7.45. The second-order valence-corrected chi connectivity index (χ2v) is 7.78. The van der Waals surface area contributed by atoms with Crippen molar-refractivity contribution in [2.75, 3.05) is 5.43 Å². The highest BCUT2D eigenvalue weighted by atomic mass is 16.3. The van der Waals surface area contributed by atoms with Crippen molar-refractivity contribution < 1.29 is 4.42 Å². The third-order valence-electron chi connectivity index (χ3n) is 5.35. The number of fused-ring (bicyclic) bond motifs is 2. The number of aryl methyl sites for hydroxylation is 3. The molecule has 0 bridgehead atoms. The highest BCUT2D eigenvalue weighted by Crippen LogP contribution is 2.25. The Balaban J connectivity index is 1.71. The van der Waals surface area contributed by atoms with Gasteiger partial charge in [0, 0.05) is 22.4 Å². The van der Waals surface area contributed by atoms with Crippen molar-refractivity contribution in [3.63, 3.8) is 0 Å². The molecule has 0 aliphatic carbocycles. The Morgan fingerprint density at radius 3 is 2.48 bits per heavy atom. The van der Waals surface area contributed by atoms with Crippen LogP contribution in [0.15, 0.2) is 82.6 Å². The van der Waals surface area contributed by atoms with Gasteiger partial charge in [0.1, 0.15) is 17.7 Å². The van der Waals surface area contributed by atoms with Crippen LogP contribution < -0.4 is 10.8 Å². The van der Waals surface area contributed by atoms with Gasteiger partial charge >= 0.3 is 0 Å². The highest BCUT2D eigenvalue weighted by Gasteiger charge is 2.10. The van der Waals surface area contributed by atoms with Gasteiger partial charge in [0.05, 0.1) is 10.9 Å². The molecule has 152 valence electrons. The first-order valence-electron chi connectivity index (χ1n) is 10.2.